The van der Waals surface area contributed by atoms with E-state index in [4.69, 9.17) is 19.4 Å². The molecule has 2 heterocycles. The first-order chi connectivity index (χ1) is 28.3. The van der Waals surface area contributed by atoms with Crippen molar-refractivity contribution < 1.29 is 9.47 Å². The topological polar surface area (TPSA) is 44.2 Å². The molecule has 0 saturated heterocycles. The van der Waals surface area contributed by atoms with Gasteiger partial charge in [-0.1, -0.05) is 176 Å². The monoisotopic (exact) mass is 730 g/mol. The van der Waals surface area contributed by atoms with Crippen molar-refractivity contribution in [1.29, 1.82) is 0 Å². The highest BCUT2D eigenvalue weighted by molar-refractivity contribution is 5.92. The van der Waals surface area contributed by atoms with Crippen molar-refractivity contribution in [2.24, 2.45) is 0 Å². The third-order valence-electron chi connectivity index (χ3n) is 11.3. The van der Waals surface area contributed by atoms with Gasteiger partial charge in [-0.15, -0.1) is 0 Å². The Labute approximate surface area is 331 Å². The fourth-order valence-corrected chi connectivity index (χ4v) is 8.74. The van der Waals surface area contributed by atoms with E-state index in [1.165, 1.54) is 16.7 Å². The third-order valence-corrected chi connectivity index (χ3v) is 11.3. The van der Waals surface area contributed by atoms with Crippen LogP contribution in [0.3, 0.4) is 0 Å². The highest BCUT2D eigenvalue weighted by Gasteiger charge is 2.48. The van der Waals surface area contributed by atoms with Crippen LogP contribution in [0.2, 0.25) is 0 Å². The van der Waals surface area contributed by atoms with Crippen molar-refractivity contribution in [2.75, 3.05) is 0 Å². The molecule has 9 aromatic rings. The fourth-order valence-electron chi connectivity index (χ4n) is 8.74. The van der Waals surface area contributed by atoms with Crippen LogP contribution >= 0.6 is 0 Å². The largest absolute Gasteiger partial charge is 0.449 e. The smallest absolute Gasteiger partial charge is 0.178 e. The number of fused-ring (bicyclic) bond motifs is 6. The van der Waals surface area contributed by atoms with Gasteiger partial charge in [-0.3, -0.25) is 0 Å². The minimum atomic E-state index is -0.545. The highest BCUT2D eigenvalue weighted by atomic mass is 16.6. The molecular weight excluding hydrogens is 697 g/mol. The summed E-state index contributed by atoms with van der Waals surface area (Å²) < 4.78 is 13.7. The van der Waals surface area contributed by atoms with Crippen LogP contribution in [-0.2, 0) is 5.41 Å². The number of benzene rings is 8. The highest BCUT2D eigenvalue weighted by Crippen LogP contribution is 2.62. The first kappa shape index (κ1) is 32.8. The lowest BCUT2D eigenvalue weighted by Crippen LogP contribution is -2.28. The average molecular weight is 731 g/mol. The van der Waals surface area contributed by atoms with Gasteiger partial charge in [0.1, 0.15) is 0 Å². The summed E-state index contributed by atoms with van der Waals surface area (Å²) in [4.78, 5) is 10.4. The molecule has 0 atom stereocenters. The molecular formula is C53H34N2O2. The summed E-state index contributed by atoms with van der Waals surface area (Å²) in [5.41, 5.74) is 13.1. The first-order valence-electron chi connectivity index (χ1n) is 19.2. The van der Waals surface area contributed by atoms with Gasteiger partial charge in [0, 0.05) is 22.3 Å². The Morgan fingerprint density at radius 1 is 0.351 bits per heavy atom. The summed E-state index contributed by atoms with van der Waals surface area (Å²) in [5.74, 6) is 3.34. The van der Waals surface area contributed by atoms with Crippen LogP contribution in [0.4, 0.5) is 0 Å². The van der Waals surface area contributed by atoms with E-state index in [0.29, 0.717) is 28.8 Å². The summed E-state index contributed by atoms with van der Waals surface area (Å²) in [7, 11) is 0. The van der Waals surface area contributed by atoms with Gasteiger partial charge in [-0.05, 0) is 69.3 Å². The zero-order valence-electron chi connectivity index (χ0n) is 30.8. The number of hydrogen-bond acceptors (Lipinski definition) is 4. The van der Waals surface area contributed by atoms with E-state index in [2.05, 4.69) is 164 Å². The molecule has 11 rings (SSSR count). The first-order valence-corrected chi connectivity index (χ1v) is 19.2. The minimum absolute atomic E-state index is 0.545. The molecule has 4 nitrogen and oxygen atoms in total. The van der Waals surface area contributed by atoms with E-state index < -0.39 is 5.41 Å². The molecule has 0 saturated carbocycles. The van der Waals surface area contributed by atoms with Gasteiger partial charge in [-0.25, -0.2) is 9.97 Å². The van der Waals surface area contributed by atoms with Crippen LogP contribution in [0, 0.1) is 0 Å². The molecule has 2 aliphatic rings. The predicted molar refractivity (Wildman–Crippen MR) is 228 cm³/mol. The Bertz CT molecular complexity index is 2910. The summed E-state index contributed by atoms with van der Waals surface area (Å²) >= 11 is 0. The average Bonchev–Trinajstić information content (AvgIpc) is 3.60. The maximum absolute atomic E-state index is 7.04. The number of ether oxygens (including phenoxy) is 2. The Hall–Kier alpha value is -7.56. The summed E-state index contributed by atoms with van der Waals surface area (Å²) in [6, 6.07) is 71.7. The molecule has 268 valence electrons. The van der Waals surface area contributed by atoms with Gasteiger partial charge in [-0.2, -0.15) is 0 Å². The van der Waals surface area contributed by atoms with Crippen LogP contribution in [-0.4, -0.2) is 9.97 Å². The second-order valence-electron chi connectivity index (χ2n) is 14.4. The maximum atomic E-state index is 7.04. The molecule has 4 heteroatoms. The van der Waals surface area contributed by atoms with Crippen molar-refractivity contribution >= 4 is 0 Å². The van der Waals surface area contributed by atoms with E-state index in [0.717, 1.165) is 55.9 Å². The Kier molecular flexibility index (Phi) is 7.68. The lowest BCUT2D eigenvalue weighted by Gasteiger charge is -2.34. The zero-order valence-corrected chi connectivity index (χ0v) is 30.8. The number of hydrogen-bond donors (Lipinski definition) is 0. The molecule has 0 N–H and O–H groups in total. The van der Waals surface area contributed by atoms with E-state index in [9.17, 15) is 0 Å². The maximum Gasteiger partial charge on any atom is 0.178 e. The van der Waals surface area contributed by atoms with Gasteiger partial charge >= 0.3 is 0 Å². The number of aromatic nitrogens is 2. The minimum Gasteiger partial charge on any atom is -0.449 e. The zero-order chi connectivity index (χ0) is 37.8. The molecule has 0 spiro atoms. The van der Waals surface area contributed by atoms with Gasteiger partial charge < -0.3 is 9.47 Å². The molecule has 1 aliphatic carbocycles. The van der Waals surface area contributed by atoms with Crippen LogP contribution in [0.25, 0.3) is 56.2 Å². The summed E-state index contributed by atoms with van der Waals surface area (Å²) in [6.45, 7) is 0. The van der Waals surface area contributed by atoms with E-state index in [-0.39, 0.29) is 0 Å². The Balaban J connectivity index is 1.07. The van der Waals surface area contributed by atoms with Gasteiger partial charge in [0.25, 0.3) is 0 Å². The Morgan fingerprint density at radius 3 is 1.58 bits per heavy atom. The van der Waals surface area contributed by atoms with Gasteiger partial charge in [0.05, 0.1) is 16.8 Å². The summed E-state index contributed by atoms with van der Waals surface area (Å²) in [6.07, 6.45) is 0. The van der Waals surface area contributed by atoms with Gasteiger partial charge in [0.15, 0.2) is 28.8 Å². The number of nitrogens with zero attached hydrogens (tertiary/aromatic N) is 2. The van der Waals surface area contributed by atoms with Crippen molar-refractivity contribution in [1.82, 2.24) is 9.97 Å². The molecule has 1 aromatic heterocycles. The van der Waals surface area contributed by atoms with E-state index >= 15 is 0 Å². The van der Waals surface area contributed by atoms with Crippen molar-refractivity contribution in [2.45, 2.75) is 5.41 Å². The molecule has 1 aliphatic heterocycles. The van der Waals surface area contributed by atoms with Gasteiger partial charge in [0.2, 0.25) is 0 Å². The van der Waals surface area contributed by atoms with Crippen LogP contribution < -0.4 is 9.47 Å². The van der Waals surface area contributed by atoms with Crippen molar-refractivity contribution in [3.63, 3.8) is 0 Å². The molecule has 0 bridgehead atoms. The molecule has 0 radical (unpaired) electrons. The lowest BCUT2D eigenvalue weighted by atomic mass is 9.68. The number of rotatable bonds is 6. The standard InChI is InChI=1S/C53H34N2O2/c1-5-17-35(18-6-1)40-25-13-14-26-41(40)52-54-45(36-19-7-2-8-20-36)34-46(55-52)37-29-31-47-49(33-37)57-51-48(56-47)32-30-44-50(51)42-27-15-16-28-43(42)53(44,38-21-9-3-10-22-38)39-23-11-4-12-24-39/h1-34H. The summed E-state index contributed by atoms with van der Waals surface area (Å²) in [5, 5.41) is 0. The third kappa shape index (κ3) is 5.30. The SMILES string of the molecule is c1ccc(-c2cc(-c3ccc4c(c3)Oc3c(ccc5c3-c3ccccc3C5(c3ccccc3)c3ccccc3)O4)nc(-c3ccccc3-c3ccccc3)n2)cc1. The van der Waals surface area contributed by atoms with Crippen molar-refractivity contribution in [3.8, 4) is 79.2 Å². The quantitative estimate of drug-likeness (QED) is 0.171. The van der Waals surface area contributed by atoms with E-state index in [1.54, 1.807) is 0 Å². The Morgan fingerprint density at radius 2 is 0.895 bits per heavy atom. The van der Waals surface area contributed by atoms with Crippen LogP contribution in [0.5, 0.6) is 23.0 Å². The molecule has 0 amide bonds. The molecule has 0 fully saturated rings. The molecule has 8 aromatic carbocycles. The van der Waals surface area contributed by atoms with Crippen molar-refractivity contribution in [3.05, 3.63) is 229 Å². The second kappa shape index (κ2) is 13.3. The fraction of sp³-hybridized carbons (Fsp3) is 0.0189. The second-order valence-corrected chi connectivity index (χ2v) is 14.4. The predicted octanol–water partition coefficient (Wildman–Crippen LogP) is 13.4. The van der Waals surface area contributed by atoms with Crippen LogP contribution in [0.1, 0.15) is 22.3 Å². The van der Waals surface area contributed by atoms with Crippen LogP contribution in [0.15, 0.2) is 206 Å². The van der Waals surface area contributed by atoms with E-state index in [1.807, 2.05) is 42.5 Å². The normalized spacial score (nSPS) is 13.0. The molecule has 0 unspecified atom stereocenters. The molecule has 57 heavy (non-hydrogen) atoms. The lowest BCUT2D eigenvalue weighted by molar-refractivity contribution is 0.360.